The summed E-state index contributed by atoms with van der Waals surface area (Å²) in [5.41, 5.74) is 8.05. The predicted octanol–water partition coefficient (Wildman–Crippen LogP) is 1.70. The summed E-state index contributed by atoms with van der Waals surface area (Å²) in [4.78, 5) is 0. The topological polar surface area (TPSA) is 53.7 Å². The van der Waals surface area contributed by atoms with Gasteiger partial charge in [0.25, 0.3) is 0 Å². The molecule has 0 fully saturated rings. The quantitative estimate of drug-likeness (QED) is 0.821. The number of ether oxygens (including phenoxy) is 3. The van der Waals surface area contributed by atoms with Crippen molar-refractivity contribution in [3.05, 3.63) is 23.3 Å². The fourth-order valence-electron chi connectivity index (χ4n) is 1.92. The van der Waals surface area contributed by atoms with Crippen LogP contribution < -0.4 is 15.2 Å². The minimum absolute atomic E-state index is 0.180. The molecule has 0 aromatic heterocycles. The monoisotopic (exact) mass is 239 g/mol. The third kappa shape index (κ3) is 3.11. The smallest absolute Gasteiger partial charge is 0.161 e. The second-order valence-electron chi connectivity index (χ2n) is 3.95. The molecule has 0 saturated carbocycles. The van der Waals surface area contributed by atoms with E-state index in [0.29, 0.717) is 13.2 Å². The van der Waals surface area contributed by atoms with Gasteiger partial charge in [0.15, 0.2) is 11.5 Å². The molecule has 17 heavy (non-hydrogen) atoms. The summed E-state index contributed by atoms with van der Waals surface area (Å²) in [6, 6.07) is 3.94. The average Bonchev–Trinajstić information content (AvgIpc) is 2.36. The van der Waals surface area contributed by atoms with Gasteiger partial charge in [-0.3, -0.25) is 0 Å². The van der Waals surface area contributed by atoms with Crippen LogP contribution in [0, 0.1) is 6.92 Å². The number of hydrogen-bond acceptors (Lipinski definition) is 4. The van der Waals surface area contributed by atoms with Crippen molar-refractivity contribution in [1.29, 1.82) is 0 Å². The van der Waals surface area contributed by atoms with E-state index in [1.165, 1.54) is 0 Å². The lowest BCUT2D eigenvalue weighted by molar-refractivity contribution is 0.180. The van der Waals surface area contributed by atoms with Crippen LogP contribution in [0.3, 0.4) is 0 Å². The van der Waals surface area contributed by atoms with E-state index < -0.39 is 0 Å². The first-order valence-electron chi connectivity index (χ1n) is 5.59. The first-order chi connectivity index (χ1) is 8.17. The number of methoxy groups -OCH3 is 3. The molecule has 0 amide bonds. The van der Waals surface area contributed by atoms with Crippen LogP contribution in [0.2, 0.25) is 0 Å². The van der Waals surface area contributed by atoms with Crippen LogP contribution >= 0.6 is 0 Å². The summed E-state index contributed by atoms with van der Waals surface area (Å²) in [7, 11) is 4.94. The Morgan fingerprint density at radius 1 is 1.12 bits per heavy atom. The van der Waals surface area contributed by atoms with Gasteiger partial charge in [-0.05, 0) is 30.2 Å². The summed E-state index contributed by atoms with van der Waals surface area (Å²) in [6.07, 6.45) is 0. The Balaban J connectivity index is 3.14. The van der Waals surface area contributed by atoms with E-state index in [1.54, 1.807) is 21.3 Å². The summed E-state index contributed by atoms with van der Waals surface area (Å²) in [6.45, 7) is 3.19. The number of rotatable bonds is 6. The Morgan fingerprint density at radius 3 is 2.18 bits per heavy atom. The third-order valence-corrected chi connectivity index (χ3v) is 2.86. The molecule has 1 atom stereocenters. The van der Waals surface area contributed by atoms with Gasteiger partial charge in [-0.25, -0.2) is 0 Å². The van der Waals surface area contributed by atoms with Crippen LogP contribution in [-0.4, -0.2) is 34.5 Å². The number of nitrogens with two attached hydrogens (primary N) is 1. The molecule has 0 saturated heterocycles. The molecule has 0 radical (unpaired) electrons. The van der Waals surface area contributed by atoms with Crippen molar-refractivity contribution in [3.8, 4) is 11.5 Å². The van der Waals surface area contributed by atoms with Gasteiger partial charge in [0.1, 0.15) is 0 Å². The average molecular weight is 239 g/mol. The van der Waals surface area contributed by atoms with Crippen LogP contribution in [0.1, 0.15) is 17.0 Å². The Labute approximate surface area is 103 Å². The lowest BCUT2D eigenvalue weighted by Crippen LogP contribution is -2.18. The normalized spacial score (nSPS) is 12.3. The predicted molar refractivity (Wildman–Crippen MR) is 68.0 cm³/mol. The zero-order valence-electron chi connectivity index (χ0n) is 10.9. The van der Waals surface area contributed by atoms with Crippen molar-refractivity contribution in [2.45, 2.75) is 12.8 Å². The van der Waals surface area contributed by atoms with Crippen LogP contribution in [0.15, 0.2) is 12.1 Å². The standard InChI is InChI=1S/C13H21NO3/c1-9-5-12(16-3)13(17-4)6-11(9)10(7-14)8-15-2/h5-6,10H,7-8,14H2,1-4H3. The zero-order valence-corrected chi connectivity index (χ0v) is 10.9. The highest BCUT2D eigenvalue weighted by atomic mass is 16.5. The van der Waals surface area contributed by atoms with Gasteiger partial charge in [-0.2, -0.15) is 0 Å². The molecule has 0 aliphatic heterocycles. The molecule has 0 aliphatic rings. The summed E-state index contributed by atoms with van der Waals surface area (Å²) in [5.74, 6) is 1.64. The van der Waals surface area contributed by atoms with Crippen molar-refractivity contribution in [3.63, 3.8) is 0 Å². The van der Waals surface area contributed by atoms with Crippen molar-refractivity contribution in [2.24, 2.45) is 5.73 Å². The number of hydrogen-bond donors (Lipinski definition) is 1. The van der Waals surface area contributed by atoms with E-state index in [1.807, 2.05) is 19.1 Å². The highest BCUT2D eigenvalue weighted by molar-refractivity contribution is 5.48. The maximum Gasteiger partial charge on any atom is 0.161 e. The maximum atomic E-state index is 5.77. The Hall–Kier alpha value is -1.26. The summed E-state index contributed by atoms with van der Waals surface area (Å²) < 4.78 is 15.7. The first-order valence-corrected chi connectivity index (χ1v) is 5.59. The van der Waals surface area contributed by atoms with E-state index >= 15 is 0 Å². The van der Waals surface area contributed by atoms with Crippen LogP contribution in [0.25, 0.3) is 0 Å². The molecule has 0 heterocycles. The molecule has 1 aromatic carbocycles. The molecule has 1 unspecified atom stereocenters. The van der Waals surface area contributed by atoms with Crippen LogP contribution in [-0.2, 0) is 4.74 Å². The van der Waals surface area contributed by atoms with Crippen molar-refractivity contribution >= 4 is 0 Å². The van der Waals surface area contributed by atoms with Gasteiger partial charge in [0.2, 0.25) is 0 Å². The van der Waals surface area contributed by atoms with Gasteiger partial charge in [-0.1, -0.05) is 0 Å². The summed E-state index contributed by atoms with van der Waals surface area (Å²) in [5, 5.41) is 0. The van der Waals surface area contributed by atoms with Crippen molar-refractivity contribution < 1.29 is 14.2 Å². The molecule has 96 valence electrons. The molecule has 0 spiro atoms. The second-order valence-corrected chi connectivity index (χ2v) is 3.95. The fourth-order valence-corrected chi connectivity index (χ4v) is 1.92. The zero-order chi connectivity index (χ0) is 12.8. The van der Waals surface area contributed by atoms with Crippen molar-refractivity contribution in [2.75, 3.05) is 34.5 Å². The van der Waals surface area contributed by atoms with E-state index in [9.17, 15) is 0 Å². The maximum absolute atomic E-state index is 5.77. The van der Waals surface area contributed by atoms with Crippen molar-refractivity contribution in [1.82, 2.24) is 0 Å². The van der Waals surface area contributed by atoms with E-state index in [2.05, 4.69) is 0 Å². The van der Waals surface area contributed by atoms with E-state index in [-0.39, 0.29) is 5.92 Å². The lowest BCUT2D eigenvalue weighted by Gasteiger charge is -2.19. The van der Waals surface area contributed by atoms with Gasteiger partial charge in [0.05, 0.1) is 20.8 Å². The van der Waals surface area contributed by atoms with Crippen LogP contribution in [0.4, 0.5) is 0 Å². The molecular weight excluding hydrogens is 218 g/mol. The third-order valence-electron chi connectivity index (χ3n) is 2.86. The SMILES string of the molecule is COCC(CN)c1cc(OC)c(OC)cc1C. The molecule has 4 nitrogen and oxygen atoms in total. The Bertz CT molecular complexity index is 366. The fraction of sp³-hybridized carbons (Fsp3) is 0.538. The molecule has 1 aromatic rings. The largest absolute Gasteiger partial charge is 0.493 e. The Morgan fingerprint density at radius 2 is 1.71 bits per heavy atom. The highest BCUT2D eigenvalue weighted by Crippen LogP contribution is 2.33. The molecule has 0 bridgehead atoms. The van der Waals surface area contributed by atoms with E-state index in [4.69, 9.17) is 19.9 Å². The molecule has 2 N–H and O–H groups in total. The summed E-state index contributed by atoms with van der Waals surface area (Å²) >= 11 is 0. The highest BCUT2D eigenvalue weighted by Gasteiger charge is 2.16. The second kappa shape index (κ2) is 6.47. The van der Waals surface area contributed by atoms with Gasteiger partial charge < -0.3 is 19.9 Å². The molecule has 1 rings (SSSR count). The van der Waals surface area contributed by atoms with Gasteiger partial charge >= 0.3 is 0 Å². The minimum atomic E-state index is 0.180. The van der Waals surface area contributed by atoms with E-state index in [0.717, 1.165) is 22.6 Å². The van der Waals surface area contributed by atoms with Crippen LogP contribution in [0.5, 0.6) is 11.5 Å². The molecule has 4 heteroatoms. The van der Waals surface area contributed by atoms with Gasteiger partial charge in [-0.15, -0.1) is 0 Å². The minimum Gasteiger partial charge on any atom is -0.493 e. The number of aryl methyl sites for hydroxylation is 1. The first kappa shape index (κ1) is 13.8. The molecule has 0 aliphatic carbocycles. The lowest BCUT2D eigenvalue weighted by atomic mass is 9.95. The Kier molecular flexibility index (Phi) is 5.25. The number of benzene rings is 1. The molecular formula is C13H21NO3. The van der Waals surface area contributed by atoms with Gasteiger partial charge in [0, 0.05) is 19.6 Å².